The lowest BCUT2D eigenvalue weighted by molar-refractivity contribution is -0.120. The second-order valence-corrected chi connectivity index (χ2v) is 4.70. The number of thiophene rings is 1. The summed E-state index contributed by atoms with van der Waals surface area (Å²) in [5.74, 6) is 0.147. The molecular formula is C12H19NOS. The number of hydrogen-bond donors (Lipinski definition) is 1. The first-order valence-electron chi connectivity index (χ1n) is 5.62. The third-order valence-corrected chi connectivity index (χ3v) is 3.14. The van der Waals surface area contributed by atoms with Crippen LogP contribution in [0.3, 0.4) is 0 Å². The zero-order valence-corrected chi connectivity index (χ0v) is 10.1. The van der Waals surface area contributed by atoms with Crippen molar-refractivity contribution in [3.63, 3.8) is 0 Å². The van der Waals surface area contributed by atoms with Crippen molar-refractivity contribution in [3.8, 4) is 0 Å². The van der Waals surface area contributed by atoms with E-state index in [2.05, 4.69) is 12.2 Å². The molecule has 0 spiro atoms. The molecule has 3 heteroatoms. The van der Waals surface area contributed by atoms with Crippen LogP contribution in [0.5, 0.6) is 0 Å². The smallest absolute Gasteiger partial charge is 0.225 e. The molecule has 0 saturated heterocycles. The zero-order valence-electron chi connectivity index (χ0n) is 9.29. The molecule has 1 rings (SSSR count). The van der Waals surface area contributed by atoms with Gasteiger partial charge in [-0.2, -0.15) is 0 Å². The molecule has 1 N–H and O–H groups in total. The van der Waals surface area contributed by atoms with E-state index in [4.69, 9.17) is 0 Å². The van der Waals surface area contributed by atoms with Crippen molar-refractivity contribution in [1.29, 1.82) is 0 Å². The largest absolute Gasteiger partial charge is 0.356 e. The average Bonchev–Trinajstić information content (AvgIpc) is 2.70. The first kappa shape index (κ1) is 12.2. The molecule has 2 nitrogen and oxygen atoms in total. The fourth-order valence-electron chi connectivity index (χ4n) is 1.41. The van der Waals surface area contributed by atoms with Gasteiger partial charge in [-0.25, -0.2) is 0 Å². The average molecular weight is 225 g/mol. The molecule has 0 saturated carbocycles. The highest BCUT2D eigenvalue weighted by Gasteiger charge is 2.02. The minimum absolute atomic E-state index is 0.147. The van der Waals surface area contributed by atoms with E-state index in [9.17, 15) is 4.79 Å². The molecule has 0 bridgehead atoms. The van der Waals surface area contributed by atoms with Crippen molar-refractivity contribution >= 4 is 17.2 Å². The van der Waals surface area contributed by atoms with Crippen molar-refractivity contribution in [2.45, 2.75) is 39.0 Å². The van der Waals surface area contributed by atoms with Gasteiger partial charge in [-0.15, -0.1) is 11.3 Å². The minimum atomic E-state index is 0.147. The lowest BCUT2D eigenvalue weighted by Gasteiger charge is -2.03. The number of nitrogens with one attached hydrogen (secondary N) is 1. The SMILES string of the molecule is CCCCCCNC(=O)Cc1cccs1. The van der Waals surface area contributed by atoms with Gasteiger partial charge in [-0.05, 0) is 17.9 Å². The number of hydrogen-bond acceptors (Lipinski definition) is 2. The van der Waals surface area contributed by atoms with Gasteiger partial charge in [0.05, 0.1) is 6.42 Å². The van der Waals surface area contributed by atoms with Gasteiger partial charge >= 0.3 is 0 Å². The summed E-state index contributed by atoms with van der Waals surface area (Å²) in [6, 6.07) is 3.98. The van der Waals surface area contributed by atoms with Crippen LogP contribution in [0.2, 0.25) is 0 Å². The van der Waals surface area contributed by atoms with Crippen molar-refractivity contribution in [1.82, 2.24) is 5.32 Å². The highest BCUT2D eigenvalue weighted by molar-refractivity contribution is 7.10. The van der Waals surface area contributed by atoms with E-state index < -0.39 is 0 Å². The molecule has 0 aliphatic carbocycles. The van der Waals surface area contributed by atoms with Crippen LogP contribution in [0, 0.1) is 0 Å². The molecule has 84 valence electrons. The highest BCUT2D eigenvalue weighted by atomic mass is 32.1. The zero-order chi connectivity index (χ0) is 10.9. The Bertz CT molecular complexity index is 269. The topological polar surface area (TPSA) is 29.1 Å². The number of unbranched alkanes of at least 4 members (excludes halogenated alkanes) is 3. The quantitative estimate of drug-likeness (QED) is 0.710. The molecule has 1 heterocycles. The van der Waals surface area contributed by atoms with Crippen LogP contribution in [0.15, 0.2) is 17.5 Å². The van der Waals surface area contributed by atoms with E-state index in [1.165, 1.54) is 19.3 Å². The summed E-state index contributed by atoms with van der Waals surface area (Å²) in [7, 11) is 0. The van der Waals surface area contributed by atoms with E-state index in [0.29, 0.717) is 6.42 Å². The molecule has 0 radical (unpaired) electrons. The van der Waals surface area contributed by atoms with Gasteiger partial charge < -0.3 is 5.32 Å². The van der Waals surface area contributed by atoms with Gasteiger partial charge in [0.2, 0.25) is 5.91 Å². The number of carbonyl (C=O) groups excluding carboxylic acids is 1. The first-order chi connectivity index (χ1) is 7.33. The monoisotopic (exact) mass is 225 g/mol. The van der Waals surface area contributed by atoms with E-state index in [1.54, 1.807) is 11.3 Å². The Morgan fingerprint density at radius 3 is 2.93 bits per heavy atom. The Kier molecular flexibility index (Phi) is 6.09. The van der Waals surface area contributed by atoms with Crippen LogP contribution in [-0.4, -0.2) is 12.5 Å². The molecule has 0 aliphatic rings. The van der Waals surface area contributed by atoms with Gasteiger partial charge in [0.25, 0.3) is 0 Å². The predicted octanol–water partition coefficient (Wildman–Crippen LogP) is 2.99. The van der Waals surface area contributed by atoms with E-state index in [-0.39, 0.29) is 5.91 Å². The van der Waals surface area contributed by atoms with E-state index >= 15 is 0 Å². The normalized spacial score (nSPS) is 10.2. The Balaban J connectivity index is 2.04. The summed E-state index contributed by atoms with van der Waals surface area (Å²) < 4.78 is 0. The maximum atomic E-state index is 11.4. The summed E-state index contributed by atoms with van der Waals surface area (Å²) in [4.78, 5) is 12.6. The van der Waals surface area contributed by atoms with Crippen LogP contribution in [-0.2, 0) is 11.2 Å². The van der Waals surface area contributed by atoms with Crippen molar-refractivity contribution < 1.29 is 4.79 Å². The minimum Gasteiger partial charge on any atom is -0.356 e. The van der Waals surface area contributed by atoms with Gasteiger partial charge in [0.1, 0.15) is 0 Å². The van der Waals surface area contributed by atoms with Gasteiger partial charge in [-0.3, -0.25) is 4.79 Å². The standard InChI is InChI=1S/C12H19NOS/c1-2-3-4-5-8-13-12(14)10-11-7-6-9-15-11/h6-7,9H,2-5,8,10H2,1H3,(H,13,14). The molecule has 0 fully saturated rings. The van der Waals surface area contributed by atoms with Crippen LogP contribution >= 0.6 is 11.3 Å². The second kappa shape index (κ2) is 7.46. The molecule has 0 atom stereocenters. The molecule has 0 unspecified atom stereocenters. The lowest BCUT2D eigenvalue weighted by atomic mass is 10.2. The Morgan fingerprint density at radius 1 is 1.40 bits per heavy atom. The van der Waals surface area contributed by atoms with E-state index in [1.807, 2.05) is 17.5 Å². The summed E-state index contributed by atoms with van der Waals surface area (Å²) in [5, 5.41) is 4.95. The first-order valence-corrected chi connectivity index (χ1v) is 6.50. The Morgan fingerprint density at radius 2 is 2.27 bits per heavy atom. The Labute approximate surface area is 95.7 Å². The maximum Gasteiger partial charge on any atom is 0.225 e. The van der Waals surface area contributed by atoms with Crippen LogP contribution in [0.4, 0.5) is 0 Å². The molecule has 1 aromatic rings. The molecule has 0 aliphatic heterocycles. The summed E-state index contributed by atoms with van der Waals surface area (Å²) in [6.45, 7) is 3.01. The number of carbonyl (C=O) groups is 1. The summed E-state index contributed by atoms with van der Waals surface area (Å²) >= 11 is 1.64. The Hall–Kier alpha value is -0.830. The van der Waals surface area contributed by atoms with Crippen molar-refractivity contribution in [3.05, 3.63) is 22.4 Å². The molecule has 15 heavy (non-hydrogen) atoms. The summed E-state index contributed by atoms with van der Waals surface area (Å²) in [5.41, 5.74) is 0. The highest BCUT2D eigenvalue weighted by Crippen LogP contribution is 2.08. The molecular weight excluding hydrogens is 206 g/mol. The molecule has 1 amide bonds. The van der Waals surface area contributed by atoms with Crippen LogP contribution < -0.4 is 5.32 Å². The molecule has 0 aromatic carbocycles. The van der Waals surface area contributed by atoms with Crippen molar-refractivity contribution in [2.24, 2.45) is 0 Å². The van der Waals surface area contributed by atoms with Gasteiger partial charge in [0, 0.05) is 11.4 Å². The number of rotatable bonds is 7. The fraction of sp³-hybridized carbons (Fsp3) is 0.583. The lowest BCUT2D eigenvalue weighted by Crippen LogP contribution is -2.25. The third-order valence-electron chi connectivity index (χ3n) is 2.27. The van der Waals surface area contributed by atoms with Gasteiger partial charge in [0.15, 0.2) is 0 Å². The van der Waals surface area contributed by atoms with Crippen LogP contribution in [0.1, 0.15) is 37.5 Å². The number of amides is 1. The van der Waals surface area contributed by atoms with Crippen LogP contribution in [0.25, 0.3) is 0 Å². The van der Waals surface area contributed by atoms with E-state index in [0.717, 1.165) is 17.8 Å². The summed E-state index contributed by atoms with van der Waals surface area (Å²) in [6.07, 6.45) is 5.36. The predicted molar refractivity (Wildman–Crippen MR) is 65.2 cm³/mol. The fourth-order valence-corrected chi connectivity index (χ4v) is 2.12. The molecule has 1 aromatic heterocycles. The second-order valence-electron chi connectivity index (χ2n) is 3.67. The van der Waals surface area contributed by atoms with Gasteiger partial charge in [-0.1, -0.05) is 32.3 Å². The van der Waals surface area contributed by atoms with Crippen molar-refractivity contribution in [2.75, 3.05) is 6.54 Å². The maximum absolute atomic E-state index is 11.4. The third kappa shape index (κ3) is 5.57.